The topological polar surface area (TPSA) is 71.3 Å². The van der Waals surface area contributed by atoms with Gasteiger partial charge in [0.15, 0.2) is 11.4 Å². The van der Waals surface area contributed by atoms with Gasteiger partial charge in [-0.25, -0.2) is 9.97 Å². The summed E-state index contributed by atoms with van der Waals surface area (Å²) in [7, 11) is 0. The number of rotatable bonds is 4. The van der Waals surface area contributed by atoms with Crippen LogP contribution in [0.5, 0.6) is 0 Å². The second kappa shape index (κ2) is 8.38. The zero-order valence-electron chi connectivity index (χ0n) is 17.7. The predicted molar refractivity (Wildman–Crippen MR) is 124 cm³/mol. The Hall–Kier alpha value is -3.41. The summed E-state index contributed by atoms with van der Waals surface area (Å²) >= 11 is 0. The van der Waals surface area contributed by atoms with Gasteiger partial charge in [0.25, 0.3) is 5.91 Å². The Morgan fingerprint density at radius 2 is 1.74 bits per heavy atom. The minimum absolute atomic E-state index is 0.165. The molecule has 0 bridgehead atoms. The Bertz CT molecular complexity index is 1220. The highest BCUT2D eigenvalue weighted by molar-refractivity contribution is 6.09. The molecule has 158 valence electrons. The Kier molecular flexibility index (Phi) is 5.28. The van der Waals surface area contributed by atoms with E-state index in [-0.39, 0.29) is 11.7 Å². The number of aryl methyl sites for hydroxylation is 1. The van der Waals surface area contributed by atoms with E-state index in [9.17, 15) is 4.79 Å². The largest absolute Gasteiger partial charge is 0.450 e. The number of nitrogens with one attached hydrogen (secondary N) is 1. The summed E-state index contributed by atoms with van der Waals surface area (Å²) in [5.41, 5.74) is 4.07. The number of amides is 1. The number of carbonyl (C=O) groups is 1. The molecule has 1 aliphatic rings. The second-order valence-electron chi connectivity index (χ2n) is 8.05. The number of para-hydroxylation sites is 1. The van der Waals surface area contributed by atoms with Crippen LogP contribution in [0, 0.1) is 0 Å². The number of carbonyl (C=O) groups excluding carboxylic acids is 1. The van der Waals surface area contributed by atoms with Crippen LogP contribution in [0.3, 0.4) is 0 Å². The van der Waals surface area contributed by atoms with Gasteiger partial charge in [-0.2, -0.15) is 0 Å². The average Bonchev–Trinajstić information content (AvgIpc) is 2.97. The molecule has 0 unspecified atom stereocenters. The third-order valence-electron chi connectivity index (χ3n) is 5.93. The van der Waals surface area contributed by atoms with Gasteiger partial charge in [-0.3, -0.25) is 4.79 Å². The highest BCUT2D eigenvalue weighted by Gasteiger charge is 2.23. The molecule has 2 aromatic carbocycles. The van der Waals surface area contributed by atoms with Crippen molar-refractivity contribution in [3.05, 3.63) is 59.9 Å². The molecule has 6 nitrogen and oxygen atoms in total. The summed E-state index contributed by atoms with van der Waals surface area (Å²) in [5.74, 6) is 0.569. The molecule has 0 saturated carbocycles. The van der Waals surface area contributed by atoms with Gasteiger partial charge in [0.2, 0.25) is 5.82 Å². The summed E-state index contributed by atoms with van der Waals surface area (Å²) in [6, 6.07) is 15.7. The molecule has 5 rings (SSSR count). The van der Waals surface area contributed by atoms with Crippen LogP contribution in [-0.4, -0.2) is 29.0 Å². The van der Waals surface area contributed by atoms with Crippen molar-refractivity contribution in [1.29, 1.82) is 0 Å². The minimum Gasteiger partial charge on any atom is -0.450 e. The van der Waals surface area contributed by atoms with E-state index in [2.05, 4.69) is 22.1 Å². The van der Waals surface area contributed by atoms with Crippen molar-refractivity contribution >= 4 is 39.5 Å². The van der Waals surface area contributed by atoms with E-state index < -0.39 is 0 Å². The summed E-state index contributed by atoms with van der Waals surface area (Å²) in [4.78, 5) is 24.7. The molecule has 2 aromatic heterocycles. The van der Waals surface area contributed by atoms with Crippen LogP contribution >= 0.6 is 0 Å². The van der Waals surface area contributed by atoms with E-state index in [1.807, 2.05) is 48.5 Å². The fourth-order valence-corrected chi connectivity index (χ4v) is 4.19. The van der Waals surface area contributed by atoms with Crippen LogP contribution in [0.15, 0.2) is 52.9 Å². The summed E-state index contributed by atoms with van der Waals surface area (Å²) in [5, 5.41) is 3.84. The molecule has 4 aromatic rings. The standard InChI is InChI=1S/C25H26N4O2/c1-2-17-11-13-18(14-12-17)26-25(30)23-27-21-19-9-5-6-10-20(19)31-22(21)24(28-23)29-15-7-3-4-8-16-29/h5-6,9-14H,2-4,7-8,15-16H2,1H3,(H,26,30). The van der Waals surface area contributed by atoms with Gasteiger partial charge in [-0.05, 0) is 49.1 Å². The maximum absolute atomic E-state index is 13.1. The van der Waals surface area contributed by atoms with E-state index >= 15 is 0 Å². The highest BCUT2D eigenvalue weighted by Crippen LogP contribution is 2.34. The van der Waals surface area contributed by atoms with E-state index in [0.29, 0.717) is 11.1 Å². The molecule has 0 aliphatic carbocycles. The third kappa shape index (κ3) is 3.85. The van der Waals surface area contributed by atoms with Crippen molar-refractivity contribution in [2.24, 2.45) is 0 Å². The maximum atomic E-state index is 13.1. The molecule has 3 heterocycles. The van der Waals surface area contributed by atoms with E-state index in [4.69, 9.17) is 9.40 Å². The Morgan fingerprint density at radius 3 is 2.48 bits per heavy atom. The molecule has 31 heavy (non-hydrogen) atoms. The van der Waals surface area contributed by atoms with Crippen LogP contribution in [0.4, 0.5) is 11.5 Å². The normalized spacial score (nSPS) is 14.7. The molecule has 1 saturated heterocycles. The monoisotopic (exact) mass is 414 g/mol. The molecule has 0 radical (unpaired) electrons. The van der Waals surface area contributed by atoms with Gasteiger partial charge in [0.05, 0.1) is 0 Å². The van der Waals surface area contributed by atoms with Gasteiger partial charge in [-0.1, -0.05) is 44.0 Å². The Morgan fingerprint density at radius 1 is 1.00 bits per heavy atom. The maximum Gasteiger partial charge on any atom is 0.293 e. The fourth-order valence-electron chi connectivity index (χ4n) is 4.19. The zero-order chi connectivity index (χ0) is 21.2. The lowest BCUT2D eigenvalue weighted by atomic mass is 10.1. The molecule has 1 amide bonds. The van der Waals surface area contributed by atoms with Crippen LogP contribution in [-0.2, 0) is 6.42 Å². The van der Waals surface area contributed by atoms with E-state index in [0.717, 1.165) is 54.8 Å². The lowest BCUT2D eigenvalue weighted by molar-refractivity contribution is 0.101. The van der Waals surface area contributed by atoms with Crippen LogP contribution in [0.2, 0.25) is 0 Å². The van der Waals surface area contributed by atoms with E-state index in [1.54, 1.807) is 0 Å². The van der Waals surface area contributed by atoms with Crippen molar-refractivity contribution in [1.82, 2.24) is 9.97 Å². The first-order valence-corrected chi connectivity index (χ1v) is 11.1. The van der Waals surface area contributed by atoms with Crippen LogP contribution in [0.1, 0.15) is 48.8 Å². The molecule has 0 spiro atoms. The lowest BCUT2D eigenvalue weighted by Crippen LogP contribution is -2.26. The smallest absolute Gasteiger partial charge is 0.293 e. The van der Waals surface area contributed by atoms with Crippen molar-refractivity contribution in [2.75, 3.05) is 23.3 Å². The molecule has 1 aliphatic heterocycles. The van der Waals surface area contributed by atoms with Gasteiger partial charge in [-0.15, -0.1) is 0 Å². The van der Waals surface area contributed by atoms with E-state index in [1.165, 1.54) is 18.4 Å². The van der Waals surface area contributed by atoms with Gasteiger partial charge in [0, 0.05) is 24.2 Å². The number of aromatic nitrogens is 2. The average molecular weight is 415 g/mol. The Balaban J connectivity index is 1.58. The minimum atomic E-state index is -0.312. The van der Waals surface area contributed by atoms with Crippen LogP contribution in [0.25, 0.3) is 22.1 Å². The summed E-state index contributed by atoms with van der Waals surface area (Å²) in [6.45, 7) is 3.92. The number of fused-ring (bicyclic) bond motifs is 3. The van der Waals surface area contributed by atoms with Crippen molar-refractivity contribution < 1.29 is 9.21 Å². The first kappa shape index (κ1) is 19.5. The predicted octanol–water partition coefficient (Wildman–Crippen LogP) is 5.57. The highest BCUT2D eigenvalue weighted by atomic mass is 16.3. The SMILES string of the molecule is CCc1ccc(NC(=O)c2nc(N3CCCCCC3)c3oc4ccccc4c3n2)cc1. The summed E-state index contributed by atoms with van der Waals surface area (Å²) in [6.07, 6.45) is 5.60. The number of nitrogens with zero attached hydrogens (tertiary/aromatic N) is 3. The molecule has 1 fully saturated rings. The first-order valence-electron chi connectivity index (χ1n) is 11.1. The molecular formula is C25H26N4O2. The van der Waals surface area contributed by atoms with Crippen molar-refractivity contribution in [2.45, 2.75) is 39.0 Å². The van der Waals surface area contributed by atoms with Crippen LogP contribution < -0.4 is 10.2 Å². The third-order valence-corrected chi connectivity index (χ3v) is 5.93. The van der Waals surface area contributed by atoms with Gasteiger partial charge in [0.1, 0.15) is 11.1 Å². The zero-order valence-corrected chi connectivity index (χ0v) is 17.7. The number of furan rings is 1. The quantitative estimate of drug-likeness (QED) is 0.473. The van der Waals surface area contributed by atoms with Crippen molar-refractivity contribution in [3.8, 4) is 0 Å². The molecule has 1 N–H and O–H groups in total. The fraction of sp³-hybridized carbons (Fsp3) is 0.320. The number of benzene rings is 2. The second-order valence-corrected chi connectivity index (χ2v) is 8.05. The van der Waals surface area contributed by atoms with Gasteiger partial charge < -0.3 is 14.6 Å². The summed E-state index contributed by atoms with van der Waals surface area (Å²) < 4.78 is 6.16. The molecule has 0 atom stereocenters. The number of hydrogen-bond donors (Lipinski definition) is 1. The number of hydrogen-bond acceptors (Lipinski definition) is 5. The Labute approximate surface area is 181 Å². The lowest BCUT2D eigenvalue weighted by Gasteiger charge is -2.21. The van der Waals surface area contributed by atoms with Crippen molar-refractivity contribution in [3.63, 3.8) is 0 Å². The number of anilines is 2. The molecule has 6 heteroatoms. The first-order chi connectivity index (χ1) is 15.2. The molecular weight excluding hydrogens is 388 g/mol. The van der Waals surface area contributed by atoms with Gasteiger partial charge >= 0.3 is 0 Å².